The molecule has 1 heterocycles. The fraction of sp³-hybridized carbons (Fsp3) is 0.0833. The minimum atomic E-state index is -0.450. The van der Waals surface area contributed by atoms with Gasteiger partial charge >= 0.3 is 0 Å². The van der Waals surface area contributed by atoms with E-state index in [4.69, 9.17) is 4.74 Å². The molecular formula is C12H10N2O3. The Morgan fingerprint density at radius 3 is 2.59 bits per heavy atom. The van der Waals surface area contributed by atoms with Gasteiger partial charge in [-0.25, -0.2) is 4.98 Å². The van der Waals surface area contributed by atoms with Crippen molar-refractivity contribution in [1.82, 2.24) is 4.98 Å². The predicted octanol–water partition coefficient (Wildman–Crippen LogP) is 2.67. The van der Waals surface area contributed by atoms with Crippen LogP contribution in [0.15, 0.2) is 42.6 Å². The third-order valence-electron chi connectivity index (χ3n) is 2.35. The highest BCUT2D eigenvalue weighted by Gasteiger charge is 2.16. The maximum atomic E-state index is 10.9. The Balaban J connectivity index is 2.61. The second-order valence-corrected chi connectivity index (χ2v) is 3.37. The molecule has 0 aliphatic heterocycles. The molecule has 0 radical (unpaired) electrons. The Morgan fingerprint density at radius 2 is 2.00 bits per heavy atom. The summed E-state index contributed by atoms with van der Waals surface area (Å²) in [4.78, 5) is 14.3. The molecule has 17 heavy (non-hydrogen) atoms. The molecule has 0 amide bonds. The van der Waals surface area contributed by atoms with E-state index in [0.29, 0.717) is 11.4 Å². The first-order valence-corrected chi connectivity index (χ1v) is 4.96. The van der Waals surface area contributed by atoms with Crippen molar-refractivity contribution in [2.75, 3.05) is 7.11 Å². The van der Waals surface area contributed by atoms with Crippen molar-refractivity contribution >= 4 is 5.69 Å². The third kappa shape index (κ3) is 2.23. The number of pyridine rings is 1. The molecule has 0 unspecified atom stereocenters. The molecule has 0 aliphatic carbocycles. The first-order chi connectivity index (χ1) is 8.22. The van der Waals surface area contributed by atoms with Gasteiger partial charge in [-0.15, -0.1) is 0 Å². The molecule has 0 saturated carbocycles. The van der Waals surface area contributed by atoms with E-state index in [1.807, 2.05) is 30.3 Å². The summed E-state index contributed by atoms with van der Waals surface area (Å²) in [5, 5.41) is 10.9. The van der Waals surface area contributed by atoms with Gasteiger partial charge in [0.25, 0.3) is 5.69 Å². The molecule has 0 fully saturated rings. The number of ether oxygens (including phenoxy) is 1. The van der Waals surface area contributed by atoms with Crippen LogP contribution >= 0.6 is 0 Å². The number of hydrogen-bond donors (Lipinski definition) is 0. The van der Waals surface area contributed by atoms with Crippen molar-refractivity contribution in [3.8, 4) is 17.0 Å². The predicted molar refractivity (Wildman–Crippen MR) is 62.9 cm³/mol. The van der Waals surface area contributed by atoms with Crippen LogP contribution in [0.5, 0.6) is 5.88 Å². The Bertz CT molecular complexity index is 541. The lowest BCUT2D eigenvalue weighted by Crippen LogP contribution is -1.95. The summed E-state index contributed by atoms with van der Waals surface area (Å²) in [5.41, 5.74) is 1.24. The normalized spacial score (nSPS) is 9.94. The maximum absolute atomic E-state index is 10.9. The van der Waals surface area contributed by atoms with Crippen LogP contribution < -0.4 is 4.74 Å². The van der Waals surface area contributed by atoms with E-state index in [0.717, 1.165) is 5.56 Å². The molecule has 86 valence electrons. The molecule has 5 heteroatoms. The summed E-state index contributed by atoms with van der Waals surface area (Å²) in [6.07, 6.45) is 1.21. The van der Waals surface area contributed by atoms with Gasteiger partial charge in [-0.1, -0.05) is 30.3 Å². The Hall–Kier alpha value is -2.43. The number of nitrogens with zero attached hydrogens (tertiary/aromatic N) is 2. The second-order valence-electron chi connectivity index (χ2n) is 3.37. The number of methoxy groups -OCH3 is 1. The van der Waals surface area contributed by atoms with Gasteiger partial charge in [0.1, 0.15) is 6.20 Å². The van der Waals surface area contributed by atoms with Gasteiger partial charge in [-0.3, -0.25) is 10.1 Å². The van der Waals surface area contributed by atoms with E-state index in [2.05, 4.69) is 4.98 Å². The molecule has 2 aromatic rings. The molecule has 1 aromatic heterocycles. The van der Waals surface area contributed by atoms with Crippen LogP contribution in [0.3, 0.4) is 0 Å². The summed E-state index contributed by atoms with van der Waals surface area (Å²) in [5.74, 6) is 0.356. The molecule has 0 atom stereocenters. The van der Waals surface area contributed by atoms with Gasteiger partial charge < -0.3 is 4.74 Å². The van der Waals surface area contributed by atoms with Gasteiger partial charge in [-0.2, -0.15) is 0 Å². The summed E-state index contributed by atoms with van der Waals surface area (Å²) >= 11 is 0. The monoisotopic (exact) mass is 230 g/mol. The first-order valence-electron chi connectivity index (χ1n) is 4.96. The van der Waals surface area contributed by atoms with Crippen LogP contribution in [0, 0.1) is 10.1 Å². The van der Waals surface area contributed by atoms with Gasteiger partial charge in [0.2, 0.25) is 5.88 Å². The zero-order valence-electron chi connectivity index (χ0n) is 9.16. The number of benzene rings is 1. The highest BCUT2D eigenvalue weighted by molar-refractivity contribution is 5.73. The van der Waals surface area contributed by atoms with E-state index >= 15 is 0 Å². The summed E-state index contributed by atoms with van der Waals surface area (Å²) < 4.78 is 4.98. The highest BCUT2D eigenvalue weighted by atomic mass is 16.6. The molecule has 0 saturated heterocycles. The second kappa shape index (κ2) is 4.61. The van der Waals surface area contributed by atoms with Gasteiger partial charge in [0.05, 0.1) is 17.6 Å². The van der Waals surface area contributed by atoms with Gasteiger partial charge in [-0.05, 0) is 5.56 Å². The molecule has 1 aromatic carbocycles. The van der Waals surface area contributed by atoms with Crippen LogP contribution in [-0.2, 0) is 0 Å². The van der Waals surface area contributed by atoms with E-state index in [1.165, 1.54) is 13.3 Å². The van der Waals surface area contributed by atoms with E-state index in [1.54, 1.807) is 6.07 Å². The lowest BCUT2D eigenvalue weighted by Gasteiger charge is -2.04. The lowest BCUT2D eigenvalue weighted by atomic mass is 10.1. The van der Waals surface area contributed by atoms with Crippen LogP contribution in [0.1, 0.15) is 0 Å². The van der Waals surface area contributed by atoms with Crippen molar-refractivity contribution in [2.45, 2.75) is 0 Å². The zero-order valence-corrected chi connectivity index (χ0v) is 9.16. The van der Waals surface area contributed by atoms with Crippen LogP contribution in [0.25, 0.3) is 11.1 Å². The number of nitro groups is 1. The summed E-state index contributed by atoms with van der Waals surface area (Å²) in [7, 11) is 1.48. The van der Waals surface area contributed by atoms with Crippen molar-refractivity contribution in [2.24, 2.45) is 0 Å². The zero-order chi connectivity index (χ0) is 12.3. The molecule has 0 N–H and O–H groups in total. The molecule has 0 aliphatic rings. The summed E-state index contributed by atoms with van der Waals surface area (Å²) in [6.45, 7) is 0. The Morgan fingerprint density at radius 1 is 1.29 bits per heavy atom. The SMILES string of the molecule is COc1cc(-c2ccccc2)c([N+](=O)[O-])cn1. The van der Waals surface area contributed by atoms with Crippen molar-refractivity contribution in [3.05, 3.63) is 52.7 Å². The number of hydrogen-bond acceptors (Lipinski definition) is 4. The van der Waals surface area contributed by atoms with Crippen LogP contribution in [-0.4, -0.2) is 17.0 Å². The minimum Gasteiger partial charge on any atom is -0.481 e. The standard InChI is InChI=1S/C12H10N2O3/c1-17-12-7-10(9-5-3-2-4-6-9)11(8-13-12)14(15)16/h2-8H,1H3. The van der Waals surface area contributed by atoms with E-state index in [9.17, 15) is 10.1 Å². The number of aromatic nitrogens is 1. The lowest BCUT2D eigenvalue weighted by molar-refractivity contribution is -0.384. The third-order valence-corrected chi connectivity index (χ3v) is 2.35. The largest absolute Gasteiger partial charge is 0.481 e. The maximum Gasteiger partial charge on any atom is 0.295 e. The van der Waals surface area contributed by atoms with Gasteiger partial charge in [0.15, 0.2) is 0 Å². The Labute approximate surface area is 97.8 Å². The minimum absolute atomic E-state index is 0.0306. The fourth-order valence-electron chi connectivity index (χ4n) is 1.54. The van der Waals surface area contributed by atoms with E-state index < -0.39 is 4.92 Å². The molecule has 0 bridgehead atoms. The highest BCUT2D eigenvalue weighted by Crippen LogP contribution is 2.31. The summed E-state index contributed by atoms with van der Waals surface area (Å²) in [6, 6.07) is 10.7. The van der Waals surface area contributed by atoms with Gasteiger partial charge in [0, 0.05) is 6.07 Å². The quantitative estimate of drug-likeness (QED) is 0.600. The average Bonchev–Trinajstić information content (AvgIpc) is 2.39. The Kier molecular flexibility index (Phi) is 3.00. The molecular weight excluding hydrogens is 220 g/mol. The van der Waals surface area contributed by atoms with Crippen LogP contribution in [0.4, 0.5) is 5.69 Å². The van der Waals surface area contributed by atoms with E-state index in [-0.39, 0.29) is 5.69 Å². The number of rotatable bonds is 3. The molecule has 0 spiro atoms. The fourth-order valence-corrected chi connectivity index (χ4v) is 1.54. The average molecular weight is 230 g/mol. The molecule has 2 rings (SSSR count). The van der Waals surface area contributed by atoms with Crippen LogP contribution in [0.2, 0.25) is 0 Å². The van der Waals surface area contributed by atoms with Crippen molar-refractivity contribution < 1.29 is 9.66 Å². The first kappa shape index (κ1) is 11.1. The molecule has 5 nitrogen and oxygen atoms in total. The van der Waals surface area contributed by atoms with Crippen molar-refractivity contribution in [3.63, 3.8) is 0 Å². The van der Waals surface area contributed by atoms with Crippen molar-refractivity contribution in [1.29, 1.82) is 0 Å². The smallest absolute Gasteiger partial charge is 0.295 e. The topological polar surface area (TPSA) is 65.3 Å².